The van der Waals surface area contributed by atoms with Crippen LogP contribution in [0.3, 0.4) is 0 Å². The van der Waals surface area contributed by atoms with Gasteiger partial charge in [0, 0.05) is 6.92 Å². The molecule has 0 aromatic rings. The molecule has 0 spiro atoms. The molecule has 1 atom stereocenters. The molecule has 162 valence electrons. The van der Waals surface area contributed by atoms with Crippen molar-refractivity contribution in [1.29, 1.82) is 0 Å². The number of hydrogen-bond donors (Lipinski definition) is 1. The highest BCUT2D eigenvalue weighted by Crippen LogP contribution is 2.20. The zero-order valence-corrected chi connectivity index (χ0v) is 17.3. The molecule has 8 nitrogen and oxygen atoms in total. The van der Waals surface area contributed by atoms with Crippen LogP contribution in [0.2, 0.25) is 0 Å². The van der Waals surface area contributed by atoms with Crippen LogP contribution in [0.15, 0.2) is 0 Å². The van der Waals surface area contributed by atoms with E-state index in [1.54, 1.807) is 0 Å². The second-order valence-electron chi connectivity index (χ2n) is 6.83. The fourth-order valence-electron chi connectivity index (χ4n) is 2.47. The molecule has 0 fully saturated rings. The molecule has 0 saturated carbocycles. The SMILES string of the molecule is CCCCCCOC(=O)CC(O)(CC(=O)OC(C)=O)C(=O)OCCCCCC. The lowest BCUT2D eigenvalue weighted by atomic mass is 9.95. The second-order valence-corrected chi connectivity index (χ2v) is 6.83. The van der Waals surface area contributed by atoms with Gasteiger partial charge in [-0.15, -0.1) is 0 Å². The van der Waals surface area contributed by atoms with Gasteiger partial charge in [-0.05, 0) is 12.8 Å². The molecule has 1 unspecified atom stereocenters. The molecule has 1 N–H and O–H groups in total. The van der Waals surface area contributed by atoms with Crippen LogP contribution in [0, 0.1) is 0 Å². The Bertz CT molecular complexity index is 502. The number of unbranched alkanes of at least 4 members (excludes halogenated alkanes) is 6. The van der Waals surface area contributed by atoms with E-state index < -0.39 is 42.3 Å². The Morgan fingerprint density at radius 3 is 1.75 bits per heavy atom. The third-order valence-electron chi connectivity index (χ3n) is 4.00. The monoisotopic (exact) mass is 402 g/mol. The Labute approximate surface area is 166 Å². The number of esters is 4. The maximum Gasteiger partial charge on any atom is 0.339 e. The van der Waals surface area contributed by atoms with Gasteiger partial charge in [0.05, 0.1) is 26.1 Å². The average molecular weight is 402 g/mol. The van der Waals surface area contributed by atoms with Crippen molar-refractivity contribution in [3.63, 3.8) is 0 Å². The number of hydrogen-bond acceptors (Lipinski definition) is 8. The lowest BCUT2D eigenvalue weighted by Crippen LogP contribution is -2.45. The van der Waals surface area contributed by atoms with Gasteiger partial charge in [-0.1, -0.05) is 52.4 Å². The van der Waals surface area contributed by atoms with Gasteiger partial charge in [-0.3, -0.25) is 14.4 Å². The smallest absolute Gasteiger partial charge is 0.339 e. The van der Waals surface area contributed by atoms with E-state index in [0.717, 1.165) is 45.4 Å². The van der Waals surface area contributed by atoms with Crippen LogP contribution in [-0.4, -0.2) is 47.8 Å². The largest absolute Gasteiger partial charge is 0.466 e. The second kappa shape index (κ2) is 15.0. The zero-order valence-electron chi connectivity index (χ0n) is 17.3. The van der Waals surface area contributed by atoms with Crippen molar-refractivity contribution >= 4 is 23.9 Å². The van der Waals surface area contributed by atoms with Crippen LogP contribution >= 0.6 is 0 Å². The third-order valence-corrected chi connectivity index (χ3v) is 4.00. The highest BCUT2D eigenvalue weighted by Gasteiger charge is 2.43. The fourth-order valence-corrected chi connectivity index (χ4v) is 2.47. The lowest BCUT2D eigenvalue weighted by Gasteiger charge is -2.24. The fraction of sp³-hybridized carbons (Fsp3) is 0.800. The van der Waals surface area contributed by atoms with Crippen molar-refractivity contribution in [3.8, 4) is 0 Å². The number of ether oxygens (including phenoxy) is 3. The molecular formula is C20H34O8. The van der Waals surface area contributed by atoms with E-state index in [2.05, 4.69) is 11.7 Å². The first-order valence-corrected chi connectivity index (χ1v) is 10.0. The van der Waals surface area contributed by atoms with E-state index >= 15 is 0 Å². The maximum atomic E-state index is 12.3. The molecule has 0 saturated heterocycles. The molecule has 0 heterocycles. The van der Waals surface area contributed by atoms with Gasteiger partial charge in [0.25, 0.3) is 0 Å². The van der Waals surface area contributed by atoms with Crippen LogP contribution < -0.4 is 0 Å². The summed E-state index contributed by atoms with van der Waals surface area (Å²) in [5.41, 5.74) is -2.43. The maximum absolute atomic E-state index is 12.3. The van der Waals surface area contributed by atoms with Crippen molar-refractivity contribution in [2.24, 2.45) is 0 Å². The minimum Gasteiger partial charge on any atom is -0.466 e. The van der Waals surface area contributed by atoms with Crippen LogP contribution in [0.1, 0.15) is 85.0 Å². The Morgan fingerprint density at radius 2 is 1.25 bits per heavy atom. The first-order chi connectivity index (χ1) is 13.2. The third kappa shape index (κ3) is 12.4. The summed E-state index contributed by atoms with van der Waals surface area (Å²) < 4.78 is 14.4. The van der Waals surface area contributed by atoms with E-state index in [0.29, 0.717) is 12.8 Å². The first-order valence-electron chi connectivity index (χ1n) is 10.0. The Morgan fingerprint density at radius 1 is 0.750 bits per heavy atom. The highest BCUT2D eigenvalue weighted by molar-refractivity contribution is 5.92. The number of aliphatic hydroxyl groups is 1. The Kier molecular flexibility index (Phi) is 14.0. The predicted molar refractivity (Wildman–Crippen MR) is 101 cm³/mol. The molecule has 0 rings (SSSR count). The molecule has 0 radical (unpaired) electrons. The number of carbonyl (C=O) groups is 4. The van der Waals surface area contributed by atoms with Crippen molar-refractivity contribution in [1.82, 2.24) is 0 Å². The summed E-state index contributed by atoms with van der Waals surface area (Å²) in [7, 11) is 0. The normalized spacial score (nSPS) is 12.7. The first kappa shape index (κ1) is 26.0. The quantitative estimate of drug-likeness (QED) is 0.192. The molecule has 8 heteroatoms. The van der Waals surface area contributed by atoms with Gasteiger partial charge in [0.2, 0.25) is 0 Å². The summed E-state index contributed by atoms with van der Waals surface area (Å²) in [4.78, 5) is 46.9. The molecule has 28 heavy (non-hydrogen) atoms. The van der Waals surface area contributed by atoms with Gasteiger partial charge in [-0.2, -0.15) is 0 Å². The van der Waals surface area contributed by atoms with Gasteiger partial charge < -0.3 is 19.3 Å². The molecule has 0 aromatic heterocycles. The van der Waals surface area contributed by atoms with Crippen molar-refractivity contribution < 1.29 is 38.5 Å². The minimum absolute atomic E-state index is 0.0644. The zero-order chi connectivity index (χ0) is 21.4. The summed E-state index contributed by atoms with van der Waals surface area (Å²) in [6, 6.07) is 0. The van der Waals surface area contributed by atoms with Crippen molar-refractivity contribution in [3.05, 3.63) is 0 Å². The predicted octanol–water partition coefficient (Wildman–Crippen LogP) is 2.83. The lowest BCUT2D eigenvalue weighted by molar-refractivity contribution is -0.179. The Hall–Kier alpha value is -1.96. The van der Waals surface area contributed by atoms with Gasteiger partial charge >= 0.3 is 23.9 Å². The summed E-state index contributed by atoms with van der Waals surface area (Å²) in [6.45, 7) is 5.35. The van der Waals surface area contributed by atoms with Crippen LogP contribution in [-0.2, 0) is 33.4 Å². The van der Waals surface area contributed by atoms with Gasteiger partial charge in [0.1, 0.15) is 0 Å². The minimum atomic E-state index is -2.43. The van der Waals surface area contributed by atoms with E-state index in [1.165, 1.54) is 0 Å². The molecule has 0 aliphatic rings. The molecule has 0 amide bonds. The molecular weight excluding hydrogens is 368 g/mol. The summed E-state index contributed by atoms with van der Waals surface area (Å²) in [5.74, 6) is -3.92. The molecule has 0 aliphatic carbocycles. The summed E-state index contributed by atoms with van der Waals surface area (Å²) in [5, 5.41) is 10.6. The highest BCUT2D eigenvalue weighted by atomic mass is 16.6. The van der Waals surface area contributed by atoms with Gasteiger partial charge in [0.15, 0.2) is 5.60 Å². The van der Waals surface area contributed by atoms with Gasteiger partial charge in [-0.25, -0.2) is 4.79 Å². The molecule has 0 bridgehead atoms. The van der Waals surface area contributed by atoms with Crippen LogP contribution in [0.5, 0.6) is 0 Å². The average Bonchev–Trinajstić information content (AvgIpc) is 2.60. The summed E-state index contributed by atoms with van der Waals surface area (Å²) in [6.07, 6.45) is 5.47. The standard InChI is InChI=1S/C20H34O8/c1-4-6-8-10-12-26-17(22)14-20(25,15-18(23)28-16(3)21)19(24)27-13-11-9-7-5-2/h25H,4-15H2,1-3H3. The number of rotatable bonds is 15. The van der Waals surface area contributed by atoms with Crippen molar-refractivity contribution in [2.75, 3.05) is 13.2 Å². The summed E-state index contributed by atoms with van der Waals surface area (Å²) >= 11 is 0. The van der Waals surface area contributed by atoms with Crippen molar-refractivity contribution in [2.45, 2.75) is 90.6 Å². The van der Waals surface area contributed by atoms with E-state index in [4.69, 9.17) is 9.47 Å². The van der Waals surface area contributed by atoms with E-state index in [1.807, 2.05) is 6.92 Å². The van der Waals surface area contributed by atoms with Crippen LogP contribution in [0.25, 0.3) is 0 Å². The van der Waals surface area contributed by atoms with Crippen LogP contribution in [0.4, 0.5) is 0 Å². The molecule has 0 aliphatic heterocycles. The topological polar surface area (TPSA) is 116 Å². The Balaban J connectivity index is 4.77. The van der Waals surface area contributed by atoms with E-state index in [-0.39, 0.29) is 13.2 Å². The number of carbonyl (C=O) groups excluding carboxylic acids is 4. The molecule has 0 aromatic carbocycles. The van der Waals surface area contributed by atoms with E-state index in [9.17, 15) is 24.3 Å².